The molecule has 0 amide bonds. The zero-order valence-electron chi connectivity index (χ0n) is 32.2. The number of rotatable bonds is 10. The second-order valence-corrected chi connectivity index (χ2v) is 16.0. The number of fused-ring (bicyclic) bond motifs is 2. The smallest absolute Gasteiger partial charge is 0.257 e. The second kappa shape index (κ2) is 16.2. The molecule has 5 aliphatic carbocycles. The standard InChI is InChI=1S/C49H45FN7S/c50-37-27-21-34(22-28-37)33-55-49-45(36-25-31-43(32-26-36)57(40-17-9-3-10-18-40)41-19-11-4-12-20-41)47-46(52-58-53-47)44(48(49)51-54-55)35-23-29-42(30-24-35)56(38-13-5-1-6-14-38)39-15-7-2-8-16-39/h1,3-7,9-11,13-17,19,21-27,29-32,37,40,45,47,53H,2,8,12,18,20,28,33H2/q+1. The van der Waals surface area contributed by atoms with E-state index in [2.05, 4.69) is 154 Å². The molecular formula is C49H45FN7S+. The van der Waals surface area contributed by atoms with Gasteiger partial charge in [0.2, 0.25) is 0 Å². The van der Waals surface area contributed by atoms with Gasteiger partial charge in [-0.2, -0.15) is 0 Å². The quantitative estimate of drug-likeness (QED) is 0.164. The fraction of sp³-hybridized carbons (Fsp3) is 0.224. The molecule has 0 fully saturated rings. The molecule has 10 rings (SSSR count). The molecule has 3 aromatic carbocycles. The number of hydrogen-bond acceptors (Lipinski definition) is 7. The van der Waals surface area contributed by atoms with Gasteiger partial charge in [0, 0.05) is 34.9 Å². The monoisotopic (exact) mass is 782 g/mol. The van der Waals surface area contributed by atoms with E-state index in [1.54, 1.807) is 6.08 Å². The number of nitrogens with zero attached hydrogens (tertiary/aromatic N) is 6. The van der Waals surface area contributed by atoms with Crippen LogP contribution in [0.5, 0.6) is 0 Å². The Morgan fingerprint density at radius 1 is 0.793 bits per heavy atom. The van der Waals surface area contributed by atoms with Gasteiger partial charge in [-0.15, -0.1) is 4.68 Å². The van der Waals surface area contributed by atoms with Crippen LogP contribution in [-0.2, 0) is 0 Å². The highest BCUT2D eigenvalue weighted by Crippen LogP contribution is 2.45. The van der Waals surface area contributed by atoms with Crippen LogP contribution in [0.4, 0.5) is 21.5 Å². The third kappa shape index (κ3) is 7.03. The van der Waals surface area contributed by atoms with Gasteiger partial charge in [-0.3, -0.25) is 0 Å². The molecule has 7 nitrogen and oxygen atoms in total. The number of benzene rings is 3. The molecule has 0 saturated carbocycles. The van der Waals surface area contributed by atoms with Gasteiger partial charge in [-0.1, -0.05) is 103 Å². The minimum absolute atomic E-state index is 0.112. The van der Waals surface area contributed by atoms with E-state index in [0.717, 1.165) is 82.9 Å². The molecule has 2 aliphatic heterocycles. The van der Waals surface area contributed by atoms with Gasteiger partial charge in [-0.25, -0.2) is 13.5 Å². The van der Waals surface area contributed by atoms with Crippen LogP contribution in [0.2, 0.25) is 0 Å². The van der Waals surface area contributed by atoms with Crippen LogP contribution in [0, 0.1) is 0 Å². The molecule has 0 aromatic heterocycles. The fourth-order valence-electron chi connectivity index (χ4n) is 8.97. The number of anilines is 3. The Bertz CT molecular complexity index is 2460. The zero-order chi connectivity index (χ0) is 38.8. The first-order valence-corrected chi connectivity index (χ1v) is 21.2. The number of allylic oxidation sites excluding steroid dienone is 12. The summed E-state index contributed by atoms with van der Waals surface area (Å²) in [6.07, 6.45) is 32.4. The normalized spacial score (nSPS) is 24.4. The Hall–Kier alpha value is -5.90. The van der Waals surface area contributed by atoms with Crippen LogP contribution in [0.1, 0.15) is 55.6 Å². The van der Waals surface area contributed by atoms with Crippen molar-refractivity contribution in [2.45, 2.75) is 62.7 Å². The predicted octanol–water partition coefficient (Wildman–Crippen LogP) is 11.5. The maximum Gasteiger partial charge on any atom is 0.257 e. The van der Waals surface area contributed by atoms with E-state index >= 15 is 0 Å². The molecule has 0 bridgehead atoms. The molecule has 9 heteroatoms. The summed E-state index contributed by atoms with van der Waals surface area (Å²) >= 11 is 1.40. The zero-order valence-corrected chi connectivity index (χ0v) is 33.1. The maximum atomic E-state index is 14.2. The number of alkyl halides is 1. The van der Waals surface area contributed by atoms with Crippen LogP contribution in [-0.4, -0.2) is 40.9 Å². The second-order valence-electron chi connectivity index (χ2n) is 15.4. The van der Waals surface area contributed by atoms with Crippen LogP contribution >= 0.6 is 12.1 Å². The SMILES string of the molecule is FC1C=CC(C[N+]2=C3C(=C(c4ccc(N(C5=CCCC=C5)c5ccccc5)cc4)C4=NSNC4C3c3ccc(N(C4=CC=CCC4)C4C=CC=CC4)cc3)N=N2)=CC1. The van der Waals surface area contributed by atoms with Crippen molar-refractivity contribution in [1.29, 1.82) is 0 Å². The number of hydrogen-bond donors (Lipinski definition) is 1. The molecule has 58 heavy (non-hydrogen) atoms. The number of halogens is 1. The summed E-state index contributed by atoms with van der Waals surface area (Å²) in [5, 5.41) is 9.78. The molecule has 3 aromatic rings. The average Bonchev–Trinajstić information content (AvgIpc) is 3.94. The van der Waals surface area contributed by atoms with Crippen LogP contribution in [0.25, 0.3) is 5.57 Å². The van der Waals surface area contributed by atoms with Gasteiger partial charge in [0.25, 0.3) is 5.70 Å². The lowest BCUT2D eigenvalue weighted by molar-refractivity contribution is -0.529. The largest absolute Gasteiger partial charge is 0.338 e. The Labute approximate surface area is 344 Å². The van der Waals surface area contributed by atoms with Crippen LogP contribution in [0.3, 0.4) is 0 Å². The molecule has 7 aliphatic rings. The van der Waals surface area contributed by atoms with Crippen molar-refractivity contribution >= 4 is 46.2 Å². The minimum atomic E-state index is -0.954. The molecule has 0 spiro atoms. The third-order valence-corrected chi connectivity index (χ3v) is 12.4. The first kappa shape index (κ1) is 36.4. The highest BCUT2D eigenvalue weighted by atomic mass is 32.2. The third-order valence-electron chi connectivity index (χ3n) is 11.8. The van der Waals surface area contributed by atoms with Crippen molar-refractivity contribution in [2.24, 2.45) is 14.7 Å². The van der Waals surface area contributed by atoms with Crippen molar-refractivity contribution in [3.63, 3.8) is 0 Å². The summed E-state index contributed by atoms with van der Waals surface area (Å²) in [7, 11) is 0. The Balaban J connectivity index is 1.05. The predicted molar refractivity (Wildman–Crippen MR) is 237 cm³/mol. The highest BCUT2D eigenvalue weighted by molar-refractivity contribution is 7.96. The van der Waals surface area contributed by atoms with Crippen molar-refractivity contribution in [1.82, 2.24) is 4.72 Å². The van der Waals surface area contributed by atoms with E-state index in [1.807, 2.05) is 16.8 Å². The van der Waals surface area contributed by atoms with Gasteiger partial charge in [0.1, 0.15) is 17.9 Å². The summed E-state index contributed by atoms with van der Waals surface area (Å²) in [5.74, 6) is -0.112. The Morgan fingerprint density at radius 2 is 1.64 bits per heavy atom. The van der Waals surface area contributed by atoms with E-state index in [1.165, 1.54) is 29.2 Å². The first-order valence-electron chi connectivity index (χ1n) is 20.4. The fourth-order valence-corrected chi connectivity index (χ4v) is 9.68. The van der Waals surface area contributed by atoms with E-state index in [0.29, 0.717) is 13.0 Å². The average molecular weight is 783 g/mol. The van der Waals surface area contributed by atoms with Gasteiger partial charge < -0.3 is 9.80 Å². The lowest BCUT2D eigenvalue weighted by Gasteiger charge is -2.35. The molecule has 0 saturated heterocycles. The Morgan fingerprint density at radius 3 is 2.38 bits per heavy atom. The van der Waals surface area contributed by atoms with Crippen molar-refractivity contribution in [3.05, 3.63) is 192 Å². The summed E-state index contributed by atoms with van der Waals surface area (Å²) in [6, 6.07) is 28.6. The molecule has 2 heterocycles. The molecule has 0 radical (unpaired) electrons. The topological polar surface area (TPSA) is 58.6 Å². The van der Waals surface area contributed by atoms with Gasteiger partial charge >= 0.3 is 0 Å². The number of nitrogens with one attached hydrogen (secondary N) is 1. The first-order chi connectivity index (χ1) is 28.7. The van der Waals surface area contributed by atoms with Crippen molar-refractivity contribution < 1.29 is 9.07 Å². The van der Waals surface area contributed by atoms with Crippen molar-refractivity contribution in [3.8, 4) is 0 Å². The summed E-state index contributed by atoms with van der Waals surface area (Å²) in [5.41, 5.74) is 12.9. The number of para-hydroxylation sites is 1. The van der Waals surface area contributed by atoms with Crippen LogP contribution < -0.4 is 14.5 Å². The van der Waals surface area contributed by atoms with Crippen LogP contribution in [0.15, 0.2) is 195 Å². The lowest BCUT2D eigenvalue weighted by atomic mass is 9.74. The maximum absolute atomic E-state index is 14.2. The van der Waals surface area contributed by atoms with Gasteiger partial charge in [0.05, 0.1) is 46.5 Å². The van der Waals surface area contributed by atoms with E-state index < -0.39 is 6.17 Å². The molecule has 288 valence electrons. The Kier molecular flexibility index (Phi) is 10.2. The summed E-state index contributed by atoms with van der Waals surface area (Å²) < 4.78 is 24.9. The molecule has 1 N–H and O–H groups in total. The van der Waals surface area contributed by atoms with Gasteiger partial charge in [-0.05, 0) is 103 Å². The molecular weight excluding hydrogens is 738 g/mol. The lowest BCUT2D eigenvalue weighted by Crippen LogP contribution is -2.45. The van der Waals surface area contributed by atoms with E-state index in [9.17, 15) is 4.39 Å². The van der Waals surface area contributed by atoms with E-state index in [4.69, 9.17) is 14.7 Å². The summed E-state index contributed by atoms with van der Waals surface area (Å²) in [4.78, 5) is 4.81. The van der Waals surface area contributed by atoms with Gasteiger partial charge in [0.15, 0.2) is 5.71 Å². The summed E-state index contributed by atoms with van der Waals surface area (Å²) in [6.45, 7) is 0.504. The minimum Gasteiger partial charge on any atom is -0.338 e. The van der Waals surface area contributed by atoms with E-state index in [-0.39, 0.29) is 18.0 Å². The van der Waals surface area contributed by atoms with Crippen molar-refractivity contribution in [2.75, 3.05) is 16.3 Å². The molecule has 4 unspecified atom stereocenters. The molecule has 4 atom stereocenters. The highest BCUT2D eigenvalue weighted by Gasteiger charge is 2.51.